The summed E-state index contributed by atoms with van der Waals surface area (Å²) in [6.07, 6.45) is 0. The van der Waals surface area contributed by atoms with E-state index in [2.05, 4.69) is 49.1 Å². The Balaban J connectivity index is 1.90. The maximum atomic E-state index is 13.5. The second-order valence-electron chi connectivity index (χ2n) is 7.83. The highest BCUT2D eigenvalue weighted by molar-refractivity contribution is 7.89. The largest absolute Gasteiger partial charge is 0.366 e. The number of nitrogens with zero attached hydrogens (tertiary/aromatic N) is 2. The summed E-state index contributed by atoms with van der Waals surface area (Å²) in [7, 11) is -3.51. The molecule has 1 atom stereocenters. The van der Waals surface area contributed by atoms with Crippen LogP contribution in [0.3, 0.4) is 0 Å². The summed E-state index contributed by atoms with van der Waals surface area (Å²) in [5.74, 6) is 0. The lowest BCUT2D eigenvalue weighted by Crippen LogP contribution is -2.53. The number of rotatable bonds is 3. The molecule has 4 nitrogen and oxygen atoms in total. The highest BCUT2D eigenvalue weighted by Crippen LogP contribution is 2.31. The van der Waals surface area contributed by atoms with Crippen molar-refractivity contribution in [2.45, 2.75) is 52.5 Å². The molecule has 1 saturated heterocycles. The van der Waals surface area contributed by atoms with Crippen LogP contribution in [0.15, 0.2) is 35.2 Å². The number of sulfonamides is 1. The summed E-state index contributed by atoms with van der Waals surface area (Å²) < 4.78 is 28.6. The van der Waals surface area contributed by atoms with E-state index in [-0.39, 0.29) is 6.04 Å². The van der Waals surface area contributed by atoms with Crippen LogP contribution in [0.25, 0.3) is 0 Å². The van der Waals surface area contributed by atoms with Gasteiger partial charge in [-0.1, -0.05) is 23.8 Å². The normalized spacial score (nSPS) is 18.7. The molecule has 0 N–H and O–H groups in total. The van der Waals surface area contributed by atoms with Crippen LogP contribution < -0.4 is 4.90 Å². The fraction of sp³-hybridized carbons (Fsp3) is 0.455. The Morgan fingerprint density at radius 2 is 1.44 bits per heavy atom. The zero-order chi connectivity index (χ0) is 19.9. The van der Waals surface area contributed by atoms with E-state index in [0.717, 1.165) is 27.9 Å². The van der Waals surface area contributed by atoms with E-state index in [1.54, 1.807) is 4.31 Å². The molecular formula is C22H30N2O2S. The summed E-state index contributed by atoms with van der Waals surface area (Å²) in [6, 6.07) is 10.6. The molecule has 0 aromatic heterocycles. The first-order valence-corrected chi connectivity index (χ1v) is 11.0. The van der Waals surface area contributed by atoms with Crippen LogP contribution in [0.5, 0.6) is 0 Å². The van der Waals surface area contributed by atoms with Crippen molar-refractivity contribution in [2.75, 3.05) is 24.5 Å². The van der Waals surface area contributed by atoms with Gasteiger partial charge in [-0.2, -0.15) is 4.31 Å². The molecule has 1 fully saturated rings. The zero-order valence-corrected chi connectivity index (χ0v) is 18.0. The van der Waals surface area contributed by atoms with Gasteiger partial charge in [-0.15, -0.1) is 0 Å². The van der Waals surface area contributed by atoms with Gasteiger partial charge in [-0.05, 0) is 75.9 Å². The predicted octanol–water partition coefficient (Wildman–Crippen LogP) is 4.13. The number of anilines is 1. The number of piperazine rings is 1. The van der Waals surface area contributed by atoms with Crippen LogP contribution in [0.4, 0.5) is 5.69 Å². The first-order valence-electron chi connectivity index (χ1n) is 9.53. The molecule has 1 unspecified atom stereocenters. The summed E-state index contributed by atoms with van der Waals surface area (Å²) in [5.41, 5.74) is 6.18. The van der Waals surface area contributed by atoms with Crippen LogP contribution >= 0.6 is 0 Å². The highest BCUT2D eigenvalue weighted by Gasteiger charge is 2.34. The van der Waals surface area contributed by atoms with Crippen LogP contribution in [-0.4, -0.2) is 38.4 Å². The van der Waals surface area contributed by atoms with Crippen molar-refractivity contribution in [3.05, 3.63) is 58.1 Å². The Labute approximate surface area is 163 Å². The second kappa shape index (κ2) is 7.28. The quantitative estimate of drug-likeness (QED) is 0.796. The van der Waals surface area contributed by atoms with Crippen LogP contribution in [0, 0.1) is 34.6 Å². The van der Waals surface area contributed by atoms with Crippen LogP contribution in [0.2, 0.25) is 0 Å². The van der Waals surface area contributed by atoms with Gasteiger partial charge < -0.3 is 4.90 Å². The molecule has 1 aliphatic heterocycles. The van der Waals surface area contributed by atoms with Crippen molar-refractivity contribution < 1.29 is 8.42 Å². The Bertz CT molecular complexity index is 923. The molecule has 5 heteroatoms. The second-order valence-corrected chi connectivity index (χ2v) is 9.71. The molecule has 1 aliphatic rings. The van der Waals surface area contributed by atoms with Crippen LogP contribution in [-0.2, 0) is 10.0 Å². The van der Waals surface area contributed by atoms with E-state index in [1.165, 1.54) is 5.56 Å². The lowest BCUT2D eigenvalue weighted by Gasteiger charge is -2.41. The Hall–Kier alpha value is -1.85. The van der Waals surface area contributed by atoms with Gasteiger partial charge in [0.15, 0.2) is 0 Å². The van der Waals surface area contributed by atoms with Gasteiger partial charge in [0.25, 0.3) is 0 Å². The van der Waals surface area contributed by atoms with Gasteiger partial charge in [0.1, 0.15) is 0 Å². The Morgan fingerprint density at radius 3 is 1.96 bits per heavy atom. The Kier molecular flexibility index (Phi) is 5.37. The molecule has 0 aliphatic carbocycles. The van der Waals surface area contributed by atoms with E-state index in [9.17, 15) is 8.42 Å². The number of benzene rings is 2. The van der Waals surface area contributed by atoms with Crippen molar-refractivity contribution in [3.8, 4) is 0 Å². The number of aryl methyl sites for hydroxylation is 3. The average Bonchev–Trinajstić information content (AvgIpc) is 2.61. The molecule has 0 radical (unpaired) electrons. The number of hydrogen-bond donors (Lipinski definition) is 0. The smallest absolute Gasteiger partial charge is 0.243 e. The fourth-order valence-electron chi connectivity index (χ4n) is 3.96. The molecule has 1 heterocycles. The molecule has 3 rings (SSSR count). The van der Waals surface area contributed by atoms with Gasteiger partial charge in [-0.3, -0.25) is 0 Å². The van der Waals surface area contributed by atoms with Gasteiger partial charge in [0, 0.05) is 31.4 Å². The third-order valence-electron chi connectivity index (χ3n) is 5.85. The fourth-order valence-corrected chi connectivity index (χ4v) is 6.05. The van der Waals surface area contributed by atoms with Crippen molar-refractivity contribution >= 4 is 15.7 Å². The minimum Gasteiger partial charge on any atom is -0.366 e. The van der Waals surface area contributed by atoms with E-state index >= 15 is 0 Å². The molecule has 0 amide bonds. The minimum atomic E-state index is -3.51. The monoisotopic (exact) mass is 386 g/mol. The standard InChI is InChI=1S/C22H30N2O2S/c1-15-7-9-21(10-8-15)24-12-11-23(14-18(24)4)27(25,26)22-19(5)16(2)13-17(3)20(22)6/h7-10,13,18H,11-12,14H2,1-6H3. The van der Waals surface area contributed by atoms with Gasteiger partial charge >= 0.3 is 0 Å². The molecule has 27 heavy (non-hydrogen) atoms. The average molecular weight is 387 g/mol. The van der Waals surface area contributed by atoms with E-state index in [0.29, 0.717) is 24.5 Å². The summed E-state index contributed by atoms with van der Waals surface area (Å²) >= 11 is 0. The third-order valence-corrected chi connectivity index (χ3v) is 7.99. The van der Waals surface area contributed by atoms with E-state index in [4.69, 9.17) is 0 Å². The molecule has 0 spiro atoms. The maximum absolute atomic E-state index is 13.5. The lowest BCUT2D eigenvalue weighted by atomic mass is 10.0. The minimum absolute atomic E-state index is 0.128. The SMILES string of the molecule is Cc1ccc(N2CCN(S(=O)(=O)c3c(C)c(C)cc(C)c3C)CC2C)cc1. The van der Waals surface area contributed by atoms with E-state index < -0.39 is 10.0 Å². The molecule has 2 aromatic carbocycles. The van der Waals surface area contributed by atoms with Crippen molar-refractivity contribution in [2.24, 2.45) is 0 Å². The van der Waals surface area contributed by atoms with Crippen LogP contribution in [0.1, 0.15) is 34.7 Å². The maximum Gasteiger partial charge on any atom is 0.243 e. The molecule has 2 aromatic rings. The topological polar surface area (TPSA) is 40.6 Å². The first kappa shape index (κ1) is 19.9. The summed E-state index contributed by atoms with van der Waals surface area (Å²) in [5, 5.41) is 0. The lowest BCUT2D eigenvalue weighted by molar-refractivity contribution is 0.342. The summed E-state index contributed by atoms with van der Waals surface area (Å²) in [4.78, 5) is 2.79. The molecule has 0 bridgehead atoms. The van der Waals surface area contributed by atoms with Gasteiger partial charge in [-0.25, -0.2) is 8.42 Å². The van der Waals surface area contributed by atoms with Crippen molar-refractivity contribution in [3.63, 3.8) is 0 Å². The molecule has 146 valence electrons. The van der Waals surface area contributed by atoms with Gasteiger partial charge in [0.05, 0.1) is 4.90 Å². The predicted molar refractivity (Wildman–Crippen MR) is 112 cm³/mol. The zero-order valence-electron chi connectivity index (χ0n) is 17.2. The molecular weight excluding hydrogens is 356 g/mol. The number of hydrogen-bond acceptors (Lipinski definition) is 3. The highest BCUT2D eigenvalue weighted by atomic mass is 32.2. The van der Waals surface area contributed by atoms with E-state index in [1.807, 2.05) is 27.7 Å². The first-order chi connectivity index (χ1) is 12.6. The van der Waals surface area contributed by atoms with Gasteiger partial charge in [0.2, 0.25) is 10.0 Å². The van der Waals surface area contributed by atoms with Crippen molar-refractivity contribution in [1.82, 2.24) is 4.31 Å². The summed E-state index contributed by atoms with van der Waals surface area (Å²) in [6.45, 7) is 13.7. The Morgan fingerprint density at radius 1 is 0.889 bits per heavy atom. The molecule has 0 saturated carbocycles. The third kappa shape index (κ3) is 3.63. The van der Waals surface area contributed by atoms with Crippen molar-refractivity contribution in [1.29, 1.82) is 0 Å².